The van der Waals surface area contributed by atoms with Crippen LogP contribution in [0.4, 0.5) is 11.4 Å². The molecule has 0 radical (unpaired) electrons. The second kappa shape index (κ2) is 4.18. The van der Waals surface area contributed by atoms with Gasteiger partial charge in [-0.05, 0) is 24.3 Å². The van der Waals surface area contributed by atoms with E-state index in [4.69, 9.17) is 5.73 Å². The van der Waals surface area contributed by atoms with Crippen molar-refractivity contribution >= 4 is 28.2 Å². The first-order valence-corrected chi connectivity index (χ1v) is 5.90. The number of carbonyl (C=O) groups excluding carboxylic acids is 1. The average molecular weight is 242 g/mol. The molecule has 5 nitrogen and oxygen atoms in total. The van der Waals surface area contributed by atoms with Gasteiger partial charge in [0.25, 0.3) is 0 Å². The van der Waals surface area contributed by atoms with Gasteiger partial charge in [0, 0.05) is 24.5 Å². The molecule has 5 heteroatoms. The van der Waals surface area contributed by atoms with E-state index in [2.05, 4.69) is 15.6 Å². The van der Waals surface area contributed by atoms with Crippen molar-refractivity contribution in [2.45, 2.75) is 12.5 Å². The van der Waals surface area contributed by atoms with Gasteiger partial charge in [-0.2, -0.15) is 0 Å². The van der Waals surface area contributed by atoms with Crippen LogP contribution in [-0.4, -0.2) is 23.5 Å². The van der Waals surface area contributed by atoms with Gasteiger partial charge in [-0.1, -0.05) is 0 Å². The number of fused-ring (bicyclic) bond motifs is 1. The van der Waals surface area contributed by atoms with Crippen LogP contribution in [-0.2, 0) is 4.79 Å². The second-order valence-corrected chi connectivity index (χ2v) is 4.45. The molecule has 0 aliphatic carbocycles. The molecule has 0 saturated carbocycles. The van der Waals surface area contributed by atoms with Crippen LogP contribution in [0.25, 0.3) is 10.9 Å². The molecule has 1 aromatic carbocycles. The molecule has 1 unspecified atom stereocenters. The Bertz CT molecular complexity index is 611. The lowest BCUT2D eigenvalue weighted by molar-refractivity contribution is -0.119. The van der Waals surface area contributed by atoms with Gasteiger partial charge in [0.2, 0.25) is 5.91 Å². The maximum absolute atomic E-state index is 11.1. The van der Waals surface area contributed by atoms with Gasteiger partial charge in [-0.25, -0.2) is 0 Å². The number of pyridine rings is 1. The number of aromatic nitrogens is 1. The Kier molecular flexibility index (Phi) is 2.51. The van der Waals surface area contributed by atoms with Crippen LogP contribution in [0.5, 0.6) is 0 Å². The van der Waals surface area contributed by atoms with Crippen molar-refractivity contribution in [3.8, 4) is 0 Å². The van der Waals surface area contributed by atoms with E-state index in [9.17, 15) is 4.79 Å². The molecule has 3 rings (SSSR count). The number of nitrogens with one attached hydrogen (secondary N) is 2. The summed E-state index contributed by atoms with van der Waals surface area (Å²) in [7, 11) is 0. The number of amides is 1. The van der Waals surface area contributed by atoms with Crippen molar-refractivity contribution in [1.29, 1.82) is 0 Å². The molecule has 2 heterocycles. The molecule has 2 aromatic rings. The van der Waals surface area contributed by atoms with Crippen LogP contribution < -0.4 is 16.4 Å². The highest BCUT2D eigenvalue weighted by Crippen LogP contribution is 2.28. The molecular formula is C13H14N4O. The molecular weight excluding hydrogens is 228 g/mol. The number of nitrogens with zero attached hydrogens (tertiary/aromatic N) is 1. The van der Waals surface area contributed by atoms with Crippen molar-refractivity contribution in [2.75, 3.05) is 17.6 Å². The summed E-state index contributed by atoms with van der Waals surface area (Å²) in [5.74, 6) is 0.0773. The maximum Gasteiger partial charge on any atom is 0.222 e. The lowest BCUT2D eigenvalue weighted by atomic mass is 10.1. The third-order valence-corrected chi connectivity index (χ3v) is 3.16. The van der Waals surface area contributed by atoms with Gasteiger partial charge < -0.3 is 16.4 Å². The number of nitrogens with two attached hydrogens (primary N) is 1. The van der Waals surface area contributed by atoms with E-state index in [1.54, 1.807) is 6.20 Å². The zero-order chi connectivity index (χ0) is 12.5. The SMILES string of the molecule is Nc1c(NC2CNC(=O)C2)ccc2ncccc12. The van der Waals surface area contributed by atoms with E-state index >= 15 is 0 Å². The molecule has 1 atom stereocenters. The zero-order valence-electron chi connectivity index (χ0n) is 9.81. The zero-order valence-corrected chi connectivity index (χ0v) is 9.81. The average Bonchev–Trinajstić information content (AvgIpc) is 2.79. The molecule has 18 heavy (non-hydrogen) atoms. The highest BCUT2D eigenvalue weighted by atomic mass is 16.1. The highest BCUT2D eigenvalue weighted by molar-refractivity contribution is 5.97. The quantitative estimate of drug-likeness (QED) is 0.689. The largest absolute Gasteiger partial charge is 0.397 e. The molecule has 1 saturated heterocycles. The Morgan fingerprint density at radius 1 is 1.39 bits per heavy atom. The van der Waals surface area contributed by atoms with Gasteiger partial charge in [0.1, 0.15) is 0 Å². The van der Waals surface area contributed by atoms with Crippen LogP contribution in [0.3, 0.4) is 0 Å². The molecule has 0 spiro atoms. The van der Waals surface area contributed by atoms with Gasteiger partial charge in [0.05, 0.1) is 22.9 Å². The van der Waals surface area contributed by atoms with Crippen molar-refractivity contribution in [3.63, 3.8) is 0 Å². The van der Waals surface area contributed by atoms with Crippen molar-refractivity contribution in [1.82, 2.24) is 10.3 Å². The Labute approximate surface area is 104 Å². The third-order valence-electron chi connectivity index (χ3n) is 3.16. The number of nitrogen functional groups attached to an aromatic ring is 1. The van der Waals surface area contributed by atoms with Gasteiger partial charge in [-0.15, -0.1) is 0 Å². The fourth-order valence-electron chi connectivity index (χ4n) is 2.23. The molecule has 92 valence electrons. The minimum absolute atomic E-state index is 0.0773. The van der Waals surface area contributed by atoms with Gasteiger partial charge in [0.15, 0.2) is 0 Å². The van der Waals surface area contributed by atoms with E-state index in [0.717, 1.165) is 16.6 Å². The van der Waals surface area contributed by atoms with Crippen molar-refractivity contribution in [3.05, 3.63) is 30.5 Å². The molecule has 1 aliphatic rings. The van der Waals surface area contributed by atoms with Crippen molar-refractivity contribution in [2.24, 2.45) is 0 Å². The minimum Gasteiger partial charge on any atom is -0.397 e. The normalized spacial score (nSPS) is 18.9. The topological polar surface area (TPSA) is 80.0 Å². The first-order valence-electron chi connectivity index (χ1n) is 5.90. The Hall–Kier alpha value is -2.30. The number of hydrogen-bond donors (Lipinski definition) is 3. The third kappa shape index (κ3) is 1.84. The number of anilines is 2. The Morgan fingerprint density at radius 2 is 2.28 bits per heavy atom. The smallest absolute Gasteiger partial charge is 0.222 e. The van der Waals surface area contributed by atoms with Crippen molar-refractivity contribution < 1.29 is 4.79 Å². The second-order valence-electron chi connectivity index (χ2n) is 4.45. The van der Waals surface area contributed by atoms with Crippen LogP contribution in [0.2, 0.25) is 0 Å². The van der Waals surface area contributed by atoms with E-state index in [1.165, 1.54) is 0 Å². The monoisotopic (exact) mass is 242 g/mol. The summed E-state index contributed by atoms with van der Waals surface area (Å²) in [6.45, 7) is 0.642. The van der Waals surface area contributed by atoms with E-state index < -0.39 is 0 Å². The first kappa shape index (κ1) is 10.8. The van der Waals surface area contributed by atoms with Gasteiger partial charge >= 0.3 is 0 Å². The van der Waals surface area contributed by atoms with E-state index in [-0.39, 0.29) is 11.9 Å². The predicted octanol–water partition coefficient (Wildman–Crippen LogP) is 1.12. The molecule has 1 aliphatic heterocycles. The molecule has 1 amide bonds. The van der Waals surface area contributed by atoms with Gasteiger partial charge in [-0.3, -0.25) is 9.78 Å². The lowest BCUT2D eigenvalue weighted by Crippen LogP contribution is -2.22. The van der Waals surface area contributed by atoms with Crippen LogP contribution >= 0.6 is 0 Å². The fourth-order valence-corrected chi connectivity index (χ4v) is 2.23. The highest BCUT2D eigenvalue weighted by Gasteiger charge is 2.21. The summed E-state index contributed by atoms with van der Waals surface area (Å²) in [5, 5.41) is 7.02. The number of rotatable bonds is 2. The Balaban J connectivity index is 1.92. The lowest BCUT2D eigenvalue weighted by Gasteiger charge is -2.15. The number of benzene rings is 1. The summed E-state index contributed by atoms with van der Waals surface area (Å²) in [5.41, 5.74) is 8.54. The molecule has 1 fully saturated rings. The molecule has 1 aromatic heterocycles. The van der Waals surface area contributed by atoms with E-state index in [0.29, 0.717) is 18.7 Å². The standard InChI is InChI=1S/C13H14N4O/c14-13-9-2-1-5-15-10(9)3-4-11(13)17-8-6-12(18)16-7-8/h1-5,8,17H,6-7,14H2,(H,16,18). The fraction of sp³-hybridized carbons (Fsp3) is 0.231. The molecule has 4 N–H and O–H groups in total. The summed E-state index contributed by atoms with van der Waals surface area (Å²) in [6, 6.07) is 7.75. The minimum atomic E-state index is 0.0773. The predicted molar refractivity (Wildman–Crippen MR) is 71.2 cm³/mol. The summed E-state index contributed by atoms with van der Waals surface area (Å²) in [6.07, 6.45) is 2.24. The number of carbonyl (C=O) groups is 1. The Morgan fingerprint density at radius 3 is 3.06 bits per heavy atom. The van der Waals surface area contributed by atoms with Crippen LogP contribution in [0.1, 0.15) is 6.42 Å². The molecule has 0 bridgehead atoms. The first-order chi connectivity index (χ1) is 8.74. The number of hydrogen-bond acceptors (Lipinski definition) is 4. The summed E-state index contributed by atoms with van der Waals surface area (Å²) in [4.78, 5) is 15.4. The van der Waals surface area contributed by atoms with E-state index in [1.807, 2.05) is 24.3 Å². The van der Waals surface area contributed by atoms with Crippen LogP contribution in [0.15, 0.2) is 30.5 Å². The summed E-state index contributed by atoms with van der Waals surface area (Å²) >= 11 is 0. The maximum atomic E-state index is 11.1. The van der Waals surface area contributed by atoms with Crippen LogP contribution in [0, 0.1) is 0 Å². The summed E-state index contributed by atoms with van der Waals surface area (Å²) < 4.78 is 0.